The first-order valence-corrected chi connectivity index (χ1v) is 11.5. The third kappa shape index (κ3) is 7.00. The van der Waals surface area contributed by atoms with Crippen molar-refractivity contribution in [1.82, 2.24) is 14.7 Å². The number of amides is 3. The third-order valence-corrected chi connectivity index (χ3v) is 6.53. The Hall–Kier alpha value is -2.10. The Morgan fingerprint density at radius 1 is 0.900 bits per heavy atom. The fourth-order valence-corrected chi connectivity index (χ4v) is 4.52. The van der Waals surface area contributed by atoms with Crippen molar-refractivity contribution >= 4 is 35.2 Å². The number of carbonyl (C=O) groups excluding carboxylic acids is 3. The first kappa shape index (κ1) is 22.6. The largest absolute Gasteiger partial charge is 0.369 e. The van der Waals surface area contributed by atoms with Crippen molar-refractivity contribution in [3.05, 3.63) is 24.3 Å². The average Bonchev–Trinajstić information content (AvgIpc) is 2.75. The third-order valence-electron chi connectivity index (χ3n) is 5.43. The highest BCUT2D eigenvalue weighted by molar-refractivity contribution is 8.00. The van der Waals surface area contributed by atoms with Gasteiger partial charge < -0.3 is 16.0 Å². The molecule has 2 aliphatic heterocycles. The van der Waals surface area contributed by atoms with E-state index < -0.39 is 5.91 Å². The number of nitrogens with zero attached hydrogens (tertiary/aromatic N) is 3. The quantitative estimate of drug-likeness (QED) is 0.590. The monoisotopic (exact) mass is 433 g/mol. The number of piperazine rings is 1. The maximum Gasteiger partial charge on any atom is 0.238 e. The molecule has 0 saturated carbocycles. The highest BCUT2D eigenvalue weighted by atomic mass is 32.2. The van der Waals surface area contributed by atoms with Gasteiger partial charge in [0, 0.05) is 44.2 Å². The zero-order chi connectivity index (χ0) is 21.3. The number of rotatable bonds is 8. The molecule has 0 unspecified atom stereocenters. The van der Waals surface area contributed by atoms with Crippen LogP contribution in [-0.4, -0.2) is 90.5 Å². The summed E-state index contributed by atoms with van der Waals surface area (Å²) < 4.78 is 0. The fourth-order valence-electron chi connectivity index (χ4n) is 3.78. The van der Waals surface area contributed by atoms with Crippen molar-refractivity contribution in [3.63, 3.8) is 0 Å². The summed E-state index contributed by atoms with van der Waals surface area (Å²) in [4.78, 5) is 43.1. The summed E-state index contributed by atoms with van der Waals surface area (Å²) in [7, 11) is 0. The Balaban J connectivity index is 1.41. The molecule has 2 fully saturated rings. The van der Waals surface area contributed by atoms with Gasteiger partial charge in [-0.1, -0.05) is 12.1 Å². The fraction of sp³-hybridized carbons (Fsp3) is 0.571. The van der Waals surface area contributed by atoms with Crippen molar-refractivity contribution in [2.75, 3.05) is 63.4 Å². The molecule has 2 aliphatic rings. The Morgan fingerprint density at radius 2 is 1.53 bits per heavy atom. The molecule has 3 rings (SSSR count). The molecule has 0 aliphatic carbocycles. The summed E-state index contributed by atoms with van der Waals surface area (Å²) >= 11 is 1.32. The molecular formula is C21H31N5O3S. The first-order valence-electron chi connectivity index (χ1n) is 10.5. The van der Waals surface area contributed by atoms with Crippen LogP contribution in [0.25, 0.3) is 0 Å². The summed E-state index contributed by atoms with van der Waals surface area (Å²) in [6.07, 6.45) is 3.44. The predicted molar refractivity (Wildman–Crippen MR) is 118 cm³/mol. The van der Waals surface area contributed by atoms with Crippen LogP contribution < -0.4 is 11.1 Å². The van der Waals surface area contributed by atoms with Gasteiger partial charge in [-0.15, -0.1) is 11.8 Å². The minimum atomic E-state index is -0.391. The topological polar surface area (TPSA) is 99.0 Å². The number of para-hydroxylation sites is 1. The van der Waals surface area contributed by atoms with Gasteiger partial charge in [-0.25, -0.2) is 0 Å². The van der Waals surface area contributed by atoms with Crippen molar-refractivity contribution in [2.24, 2.45) is 5.73 Å². The predicted octanol–water partition coefficient (Wildman–Crippen LogP) is 0.833. The van der Waals surface area contributed by atoms with Crippen LogP contribution in [0, 0.1) is 0 Å². The van der Waals surface area contributed by atoms with Crippen molar-refractivity contribution < 1.29 is 14.4 Å². The average molecular weight is 434 g/mol. The van der Waals surface area contributed by atoms with E-state index in [9.17, 15) is 14.4 Å². The first-order chi connectivity index (χ1) is 14.5. The summed E-state index contributed by atoms with van der Waals surface area (Å²) in [5.74, 6) is -0.0750. The molecular weight excluding hydrogens is 402 g/mol. The second kappa shape index (κ2) is 11.3. The Labute approximate surface area is 182 Å². The molecule has 8 nitrogen and oxygen atoms in total. The molecule has 3 N–H and O–H groups in total. The summed E-state index contributed by atoms with van der Waals surface area (Å²) in [5, 5.41) is 2.94. The number of thioether (sulfide) groups is 1. The van der Waals surface area contributed by atoms with E-state index in [4.69, 9.17) is 5.73 Å². The van der Waals surface area contributed by atoms with Gasteiger partial charge in [0.05, 0.1) is 24.5 Å². The maximum atomic E-state index is 12.5. The molecule has 0 aromatic heterocycles. The van der Waals surface area contributed by atoms with Crippen molar-refractivity contribution in [2.45, 2.75) is 24.2 Å². The molecule has 0 spiro atoms. The lowest BCUT2D eigenvalue weighted by molar-refractivity contribution is -0.134. The molecule has 1 aromatic carbocycles. The van der Waals surface area contributed by atoms with Crippen LogP contribution >= 0.6 is 11.8 Å². The number of anilines is 1. The van der Waals surface area contributed by atoms with Gasteiger partial charge in [0.25, 0.3) is 0 Å². The number of benzene rings is 1. The SMILES string of the molecule is NC(=O)CSc1ccccc1NC(=O)CN1CCN(CC(=O)N2CCCCC2)CC1. The summed E-state index contributed by atoms with van der Waals surface area (Å²) in [6.45, 7) is 5.66. The molecule has 9 heteroatoms. The Kier molecular flexibility index (Phi) is 8.53. The lowest BCUT2D eigenvalue weighted by Crippen LogP contribution is -2.51. The normalized spacial score (nSPS) is 18.2. The van der Waals surface area contributed by atoms with E-state index >= 15 is 0 Å². The standard InChI is InChI=1S/C21H31N5O3S/c22-19(27)16-30-18-7-3-2-6-17(18)23-20(28)14-24-10-12-25(13-11-24)15-21(29)26-8-4-1-5-9-26/h2-3,6-7H,1,4-5,8-16H2,(H2,22,27)(H,23,28). The number of hydrogen-bond donors (Lipinski definition) is 2. The van der Waals surface area contributed by atoms with Gasteiger partial charge in [0.1, 0.15) is 0 Å². The van der Waals surface area contributed by atoms with Gasteiger partial charge >= 0.3 is 0 Å². The highest BCUT2D eigenvalue weighted by Gasteiger charge is 2.23. The van der Waals surface area contributed by atoms with Gasteiger partial charge in [0.15, 0.2) is 0 Å². The molecule has 0 radical (unpaired) electrons. The summed E-state index contributed by atoms with van der Waals surface area (Å²) in [6, 6.07) is 7.40. The van der Waals surface area contributed by atoms with Crippen LogP contribution in [0.15, 0.2) is 29.2 Å². The second-order valence-corrected chi connectivity index (χ2v) is 8.81. The van der Waals surface area contributed by atoms with Crippen molar-refractivity contribution in [3.8, 4) is 0 Å². The smallest absolute Gasteiger partial charge is 0.238 e. The van der Waals surface area contributed by atoms with Crippen molar-refractivity contribution in [1.29, 1.82) is 0 Å². The molecule has 3 amide bonds. The number of likely N-dealkylation sites (tertiary alicyclic amines) is 1. The molecule has 1 aromatic rings. The maximum absolute atomic E-state index is 12.5. The number of nitrogens with two attached hydrogens (primary N) is 1. The van der Waals surface area contributed by atoms with E-state index in [0.717, 1.165) is 57.0 Å². The zero-order valence-corrected chi connectivity index (χ0v) is 18.2. The van der Waals surface area contributed by atoms with Gasteiger partial charge in [-0.05, 0) is 31.4 Å². The molecule has 30 heavy (non-hydrogen) atoms. The Morgan fingerprint density at radius 3 is 2.20 bits per heavy atom. The van der Waals surface area contributed by atoms with E-state index in [-0.39, 0.29) is 17.6 Å². The molecule has 164 valence electrons. The van der Waals surface area contributed by atoms with Crippen LogP contribution in [0.5, 0.6) is 0 Å². The molecule has 2 saturated heterocycles. The van der Waals surface area contributed by atoms with Gasteiger partial charge in [-0.2, -0.15) is 0 Å². The zero-order valence-electron chi connectivity index (χ0n) is 17.3. The minimum absolute atomic E-state index is 0.0834. The Bertz CT molecular complexity index is 746. The lowest BCUT2D eigenvalue weighted by Gasteiger charge is -2.35. The molecule has 0 bridgehead atoms. The van der Waals surface area contributed by atoms with E-state index in [2.05, 4.69) is 15.1 Å². The van der Waals surface area contributed by atoms with Crippen LogP contribution in [0.3, 0.4) is 0 Å². The van der Waals surface area contributed by atoms with Gasteiger partial charge in [0.2, 0.25) is 17.7 Å². The number of nitrogens with one attached hydrogen (secondary N) is 1. The van der Waals surface area contributed by atoms with Crippen LogP contribution in [0.2, 0.25) is 0 Å². The van der Waals surface area contributed by atoms with E-state index in [1.807, 2.05) is 29.2 Å². The second-order valence-electron chi connectivity index (χ2n) is 7.79. The lowest BCUT2D eigenvalue weighted by atomic mass is 10.1. The number of piperidine rings is 1. The minimum Gasteiger partial charge on any atom is -0.369 e. The van der Waals surface area contributed by atoms with E-state index in [1.54, 1.807) is 0 Å². The number of primary amides is 1. The van der Waals surface area contributed by atoms with Crippen LogP contribution in [0.4, 0.5) is 5.69 Å². The highest BCUT2D eigenvalue weighted by Crippen LogP contribution is 2.26. The molecule has 2 heterocycles. The summed E-state index contributed by atoms with van der Waals surface area (Å²) in [5.41, 5.74) is 5.91. The number of carbonyl (C=O) groups is 3. The van der Waals surface area contributed by atoms with Crippen LogP contribution in [-0.2, 0) is 14.4 Å². The molecule has 0 atom stereocenters. The number of hydrogen-bond acceptors (Lipinski definition) is 6. The van der Waals surface area contributed by atoms with E-state index in [1.165, 1.54) is 18.2 Å². The van der Waals surface area contributed by atoms with Crippen LogP contribution in [0.1, 0.15) is 19.3 Å². The van der Waals surface area contributed by atoms with E-state index in [0.29, 0.717) is 18.8 Å². The van der Waals surface area contributed by atoms with Gasteiger partial charge in [-0.3, -0.25) is 24.2 Å².